The third-order valence-corrected chi connectivity index (χ3v) is 6.78. The van der Waals surface area contributed by atoms with Crippen molar-refractivity contribution in [3.8, 4) is 6.07 Å². The molecule has 3 aromatic carbocycles. The normalized spacial score (nSPS) is 11.7. The van der Waals surface area contributed by atoms with Crippen molar-refractivity contribution in [1.82, 2.24) is 9.55 Å². The van der Waals surface area contributed by atoms with Crippen LogP contribution in [0.1, 0.15) is 24.5 Å². The lowest BCUT2D eigenvalue weighted by atomic mass is 10.1. The van der Waals surface area contributed by atoms with E-state index in [-0.39, 0.29) is 17.9 Å². The van der Waals surface area contributed by atoms with E-state index >= 15 is 0 Å². The molecule has 4 rings (SSSR count). The summed E-state index contributed by atoms with van der Waals surface area (Å²) in [5.74, 6) is -0.138. The van der Waals surface area contributed by atoms with Crippen LogP contribution in [0.4, 0.5) is 5.69 Å². The molecule has 1 heterocycles. The van der Waals surface area contributed by atoms with E-state index in [9.17, 15) is 9.59 Å². The minimum Gasteiger partial charge on any atom is -0.310 e. The lowest BCUT2D eigenvalue weighted by molar-refractivity contribution is -0.117. The predicted molar refractivity (Wildman–Crippen MR) is 141 cm³/mol. The molecule has 0 aliphatic carbocycles. The predicted octanol–water partition coefficient (Wildman–Crippen LogP) is 5.18. The third kappa shape index (κ3) is 5.61. The summed E-state index contributed by atoms with van der Waals surface area (Å²) in [5, 5.41) is 9.61. The van der Waals surface area contributed by atoms with Crippen LogP contribution in [0.25, 0.3) is 10.9 Å². The van der Waals surface area contributed by atoms with Gasteiger partial charge in [-0.3, -0.25) is 14.2 Å². The zero-order valence-electron chi connectivity index (χ0n) is 19.7. The molecule has 0 bridgehead atoms. The molecule has 1 unspecified atom stereocenters. The maximum Gasteiger partial charge on any atom is 0.262 e. The van der Waals surface area contributed by atoms with E-state index in [2.05, 4.69) is 6.07 Å². The molecule has 1 atom stereocenters. The van der Waals surface area contributed by atoms with Crippen LogP contribution in [-0.2, 0) is 11.3 Å². The Morgan fingerprint density at radius 3 is 2.46 bits per heavy atom. The number of para-hydroxylation sites is 2. The zero-order chi connectivity index (χ0) is 24.8. The molecule has 35 heavy (non-hydrogen) atoms. The smallest absolute Gasteiger partial charge is 0.262 e. The fourth-order valence-electron chi connectivity index (χ4n) is 3.82. The summed E-state index contributed by atoms with van der Waals surface area (Å²) in [5.41, 5.74) is 3.33. The molecule has 1 aromatic heterocycles. The van der Waals surface area contributed by atoms with Crippen LogP contribution in [0.5, 0.6) is 0 Å². The molecule has 1 amide bonds. The monoisotopic (exact) mass is 482 g/mol. The average Bonchev–Trinajstić information content (AvgIpc) is 2.88. The number of anilines is 1. The first-order valence-electron chi connectivity index (χ1n) is 11.4. The van der Waals surface area contributed by atoms with Crippen molar-refractivity contribution in [3.63, 3.8) is 0 Å². The van der Waals surface area contributed by atoms with Gasteiger partial charge in [-0.05, 0) is 43.7 Å². The van der Waals surface area contributed by atoms with Gasteiger partial charge in [0.05, 0.1) is 35.2 Å². The molecule has 0 spiro atoms. The molecule has 176 valence electrons. The summed E-state index contributed by atoms with van der Waals surface area (Å²) >= 11 is 1.26. The lowest BCUT2D eigenvalue weighted by Crippen LogP contribution is -2.37. The molecular formula is C28H26N4O2S. The lowest BCUT2D eigenvalue weighted by Gasteiger charge is -2.25. The number of hydrogen-bond acceptors (Lipinski definition) is 5. The highest BCUT2D eigenvalue weighted by Crippen LogP contribution is 2.26. The van der Waals surface area contributed by atoms with Crippen LogP contribution in [0, 0.1) is 18.3 Å². The maximum absolute atomic E-state index is 13.5. The van der Waals surface area contributed by atoms with Gasteiger partial charge in [0.2, 0.25) is 5.91 Å². The Hall–Kier alpha value is -3.89. The Balaban J connectivity index is 1.70. The second kappa shape index (κ2) is 11.0. The Morgan fingerprint density at radius 2 is 1.74 bits per heavy atom. The number of hydrogen-bond donors (Lipinski definition) is 0. The van der Waals surface area contributed by atoms with Crippen molar-refractivity contribution in [2.45, 2.75) is 37.2 Å². The van der Waals surface area contributed by atoms with E-state index in [1.54, 1.807) is 15.5 Å². The van der Waals surface area contributed by atoms with E-state index in [1.165, 1.54) is 11.8 Å². The SMILES string of the molecule is Cc1ccc(Cn2c(SC(C)C(=O)N(CCC#N)c3ccccc3)nc3ccccc3c2=O)cc1. The van der Waals surface area contributed by atoms with Crippen LogP contribution in [0.15, 0.2) is 88.8 Å². The Bertz CT molecular complexity index is 1430. The van der Waals surface area contributed by atoms with Gasteiger partial charge in [0.25, 0.3) is 5.56 Å². The van der Waals surface area contributed by atoms with Gasteiger partial charge < -0.3 is 4.90 Å². The highest BCUT2D eigenvalue weighted by atomic mass is 32.2. The molecule has 7 heteroatoms. The molecule has 0 aliphatic heterocycles. The topological polar surface area (TPSA) is 79.0 Å². The first kappa shape index (κ1) is 24.2. The Kier molecular flexibility index (Phi) is 7.64. The Labute approximate surface area is 208 Å². The van der Waals surface area contributed by atoms with Gasteiger partial charge in [-0.2, -0.15) is 5.26 Å². The number of nitrogens with zero attached hydrogens (tertiary/aromatic N) is 4. The number of fused-ring (bicyclic) bond motifs is 1. The number of amides is 1. The highest BCUT2D eigenvalue weighted by Gasteiger charge is 2.25. The van der Waals surface area contributed by atoms with Gasteiger partial charge in [0.1, 0.15) is 0 Å². The fraction of sp³-hybridized carbons (Fsp3) is 0.214. The number of carbonyl (C=O) groups is 1. The number of thioether (sulfide) groups is 1. The molecule has 0 fully saturated rings. The molecule has 4 aromatic rings. The Morgan fingerprint density at radius 1 is 1.06 bits per heavy atom. The quantitative estimate of drug-likeness (QED) is 0.255. The van der Waals surface area contributed by atoms with Gasteiger partial charge in [0.15, 0.2) is 5.16 Å². The van der Waals surface area contributed by atoms with Crippen molar-refractivity contribution < 1.29 is 4.79 Å². The summed E-state index contributed by atoms with van der Waals surface area (Å²) in [6, 6.07) is 26.7. The first-order chi connectivity index (χ1) is 17.0. The van der Waals surface area contributed by atoms with Crippen LogP contribution >= 0.6 is 11.8 Å². The van der Waals surface area contributed by atoms with E-state index < -0.39 is 5.25 Å². The molecule has 0 aliphatic rings. The van der Waals surface area contributed by atoms with Gasteiger partial charge in [-0.25, -0.2) is 4.98 Å². The summed E-state index contributed by atoms with van der Waals surface area (Å²) in [6.07, 6.45) is 0.227. The number of benzene rings is 3. The van der Waals surface area contributed by atoms with Crippen molar-refractivity contribution in [2.24, 2.45) is 0 Å². The number of carbonyl (C=O) groups excluding carboxylic acids is 1. The molecule has 0 radical (unpaired) electrons. The van der Waals surface area contributed by atoms with Crippen molar-refractivity contribution in [2.75, 3.05) is 11.4 Å². The second-order valence-corrected chi connectivity index (χ2v) is 9.59. The van der Waals surface area contributed by atoms with Crippen LogP contribution in [0.3, 0.4) is 0 Å². The van der Waals surface area contributed by atoms with E-state index in [4.69, 9.17) is 10.2 Å². The molecule has 6 nitrogen and oxygen atoms in total. The summed E-state index contributed by atoms with van der Waals surface area (Å²) in [7, 11) is 0. The van der Waals surface area contributed by atoms with Crippen molar-refractivity contribution in [3.05, 3.63) is 100 Å². The van der Waals surface area contributed by atoms with Gasteiger partial charge in [-0.15, -0.1) is 0 Å². The number of nitriles is 1. The summed E-state index contributed by atoms with van der Waals surface area (Å²) in [4.78, 5) is 33.3. The highest BCUT2D eigenvalue weighted by molar-refractivity contribution is 8.00. The molecule has 0 saturated carbocycles. The van der Waals surface area contributed by atoms with Crippen LogP contribution in [-0.4, -0.2) is 27.3 Å². The minimum atomic E-state index is -0.522. The van der Waals surface area contributed by atoms with Crippen LogP contribution < -0.4 is 10.5 Å². The summed E-state index contributed by atoms with van der Waals surface area (Å²) in [6.45, 7) is 4.49. The molecular weight excluding hydrogens is 456 g/mol. The molecule has 0 saturated heterocycles. The van der Waals surface area contributed by atoms with Gasteiger partial charge in [0, 0.05) is 12.2 Å². The van der Waals surface area contributed by atoms with Crippen LogP contribution in [0.2, 0.25) is 0 Å². The van der Waals surface area contributed by atoms with Gasteiger partial charge >= 0.3 is 0 Å². The second-order valence-electron chi connectivity index (χ2n) is 8.28. The summed E-state index contributed by atoms with van der Waals surface area (Å²) < 4.78 is 1.64. The zero-order valence-corrected chi connectivity index (χ0v) is 20.5. The number of rotatable bonds is 8. The third-order valence-electron chi connectivity index (χ3n) is 5.70. The standard InChI is InChI=1S/C28H26N4O2S/c1-20-13-15-22(16-14-20)19-32-27(34)24-11-6-7-12-25(24)30-28(32)35-21(2)26(33)31(18-8-17-29)23-9-4-3-5-10-23/h3-7,9-16,21H,8,18-19H2,1-2H3. The van der Waals surface area contributed by atoms with Crippen molar-refractivity contribution >= 4 is 34.3 Å². The van der Waals surface area contributed by atoms with E-state index in [0.29, 0.717) is 29.1 Å². The molecule has 0 N–H and O–H groups in total. The first-order valence-corrected chi connectivity index (χ1v) is 12.3. The van der Waals surface area contributed by atoms with Crippen molar-refractivity contribution in [1.29, 1.82) is 5.26 Å². The fourth-order valence-corrected chi connectivity index (χ4v) is 4.79. The average molecular weight is 483 g/mol. The number of aromatic nitrogens is 2. The van der Waals surface area contributed by atoms with E-state index in [1.807, 2.05) is 86.6 Å². The minimum absolute atomic E-state index is 0.136. The largest absolute Gasteiger partial charge is 0.310 e. The maximum atomic E-state index is 13.5. The number of aryl methyl sites for hydroxylation is 1. The van der Waals surface area contributed by atoms with Gasteiger partial charge in [-0.1, -0.05) is 71.9 Å². The van der Waals surface area contributed by atoms with E-state index in [0.717, 1.165) is 16.8 Å².